The van der Waals surface area contributed by atoms with Crippen LogP contribution in [0.3, 0.4) is 0 Å². The third-order valence-corrected chi connectivity index (χ3v) is 6.70. The summed E-state index contributed by atoms with van der Waals surface area (Å²) >= 11 is 0. The van der Waals surface area contributed by atoms with Crippen LogP contribution in [-0.4, -0.2) is 38.8 Å². The molecule has 1 atom stereocenters. The second kappa shape index (κ2) is 8.28. The molecule has 3 rings (SSSR count). The molecule has 6 nitrogen and oxygen atoms in total. The van der Waals surface area contributed by atoms with E-state index in [1.54, 1.807) is 0 Å². The van der Waals surface area contributed by atoms with E-state index in [2.05, 4.69) is 5.32 Å². The predicted molar refractivity (Wildman–Crippen MR) is 104 cm³/mol. The Morgan fingerprint density at radius 1 is 1.21 bits per heavy atom. The first kappa shape index (κ1) is 20.3. The molecule has 1 aliphatic heterocycles. The molecular formula is C20H23FN2O4S. The maximum atomic E-state index is 13.7. The number of aryl methyl sites for hydroxylation is 1. The zero-order valence-corrected chi connectivity index (χ0v) is 16.6. The number of nitrogens with one attached hydrogen (secondary N) is 1. The molecule has 0 aliphatic carbocycles. The molecule has 0 saturated carbocycles. The summed E-state index contributed by atoms with van der Waals surface area (Å²) in [4.78, 5) is 12.4. The number of benzene rings is 2. The number of methoxy groups -OCH3 is 1. The van der Waals surface area contributed by atoms with Gasteiger partial charge in [-0.15, -0.1) is 0 Å². The molecule has 1 amide bonds. The summed E-state index contributed by atoms with van der Waals surface area (Å²) in [6, 6.07) is 10.8. The highest BCUT2D eigenvalue weighted by molar-refractivity contribution is 7.89. The summed E-state index contributed by atoms with van der Waals surface area (Å²) in [5, 5.41) is 2.84. The van der Waals surface area contributed by atoms with Gasteiger partial charge in [-0.3, -0.25) is 4.79 Å². The van der Waals surface area contributed by atoms with Crippen LogP contribution >= 0.6 is 0 Å². The van der Waals surface area contributed by atoms with Gasteiger partial charge in [0.15, 0.2) is 0 Å². The van der Waals surface area contributed by atoms with Crippen LogP contribution in [0.4, 0.5) is 10.1 Å². The standard InChI is InChI=1S/C20H23FN2O4S/c1-14-5-8-17(9-6-14)22-20(24)15-4-3-11-23(13-15)28(25,26)19-12-16(21)7-10-18(19)27-2/h5-10,12,15H,3-4,11,13H2,1-2H3,(H,22,24)/t15-/m0/s1. The van der Waals surface area contributed by atoms with Crippen molar-refractivity contribution in [2.75, 3.05) is 25.5 Å². The molecule has 1 aliphatic rings. The van der Waals surface area contributed by atoms with Gasteiger partial charge in [0.25, 0.3) is 0 Å². The number of piperidine rings is 1. The molecule has 1 saturated heterocycles. The first-order valence-electron chi connectivity index (χ1n) is 9.02. The monoisotopic (exact) mass is 406 g/mol. The fourth-order valence-electron chi connectivity index (χ4n) is 3.25. The van der Waals surface area contributed by atoms with Gasteiger partial charge in [-0.05, 0) is 50.1 Å². The van der Waals surface area contributed by atoms with Crippen molar-refractivity contribution in [2.24, 2.45) is 5.92 Å². The van der Waals surface area contributed by atoms with E-state index in [1.807, 2.05) is 31.2 Å². The zero-order valence-electron chi connectivity index (χ0n) is 15.8. The number of carbonyl (C=O) groups is 1. The van der Waals surface area contributed by atoms with Gasteiger partial charge in [0, 0.05) is 18.8 Å². The van der Waals surface area contributed by atoms with E-state index in [1.165, 1.54) is 17.5 Å². The minimum Gasteiger partial charge on any atom is -0.495 e. The van der Waals surface area contributed by atoms with Gasteiger partial charge in [-0.25, -0.2) is 12.8 Å². The lowest BCUT2D eigenvalue weighted by atomic mass is 9.98. The highest BCUT2D eigenvalue weighted by Crippen LogP contribution is 2.30. The lowest BCUT2D eigenvalue weighted by Crippen LogP contribution is -2.43. The van der Waals surface area contributed by atoms with E-state index in [4.69, 9.17) is 4.74 Å². The first-order chi connectivity index (χ1) is 13.3. The van der Waals surface area contributed by atoms with Crippen molar-refractivity contribution in [2.45, 2.75) is 24.7 Å². The minimum absolute atomic E-state index is 0.0414. The van der Waals surface area contributed by atoms with E-state index in [-0.39, 0.29) is 29.6 Å². The van der Waals surface area contributed by atoms with Gasteiger partial charge in [-0.1, -0.05) is 17.7 Å². The molecule has 0 aromatic heterocycles. The molecule has 2 aromatic rings. The van der Waals surface area contributed by atoms with Crippen LogP contribution in [0.15, 0.2) is 47.4 Å². The third kappa shape index (κ3) is 4.34. The Kier molecular flexibility index (Phi) is 6.00. The number of anilines is 1. The Labute approximate surface area is 164 Å². The normalized spacial score (nSPS) is 17.9. The fourth-order valence-corrected chi connectivity index (χ4v) is 4.94. The highest BCUT2D eigenvalue weighted by Gasteiger charge is 2.35. The van der Waals surface area contributed by atoms with Crippen LogP contribution in [0.5, 0.6) is 5.75 Å². The van der Waals surface area contributed by atoms with Crippen LogP contribution in [-0.2, 0) is 14.8 Å². The van der Waals surface area contributed by atoms with Gasteiger partial charge >= 0.3 is 0 Å². The third-order valence-electron chi connectivity index (χ3n) is 4.82. The smallest absolute Gasteiger partial charge is 0.246 e. The lowest BCUT2D eigenvalue weighted by Gasteiger charge is -2.31. The summed E-state index contributed by atoms with van der Waals surface area (Å²) < 4.78 is 46.0. The number of hydrogen-bond acceptors (Lipinski definition) is 4. The maximum Gasteiger partial charge on any atom is 0.246 e. The number of carbonyl (C=O) groups excluding carboxylic acids is 1. The average Bonchev–Trinajstić information content (AvgIpc) is 2.69. The quantitative estimate of drug-likeness (QED) is 0.828. The van der Waals surface area contributed by atoms with Gasteiger partial charge in [0.1, 0.15) is 16.5 Å². The topological polar surface area (TPSA) is 75.7 Å². The molecule has 0 radical (unpaired) electrons. The molecule has 1 fully saturated rings. The van der Waals surface area contributed by atoms with Crippen molar-refractivity contribution in [1.82, 2.24) is 4.31 Å². The molecule has 28 heavy (non-hydrogen) atoms. The predicted octanol–water partition coefficient (Wildman–Crippen LogP) is 3.18. The Balaban J connectivity index is 1.78. The number of ether oxygens (including phenoxy) is 1. The van der Waals surface area contributed by atoms with Crippen molar-refractivity contribution in [3.05, 3.63) is 53.8 Å². The van der Waals surface area contributed by atoms with E-state index in [9.17, 15) is 17.6 Å². The SMILES string of the molecule is COc1ccc(F)cc1S(=O)(=O)N1CCC[C@H](C(=O)Nc2ccc(C)cc2)C1. The molecule has 8 heteroatoms. The van der Waals surface area contributed by atoms with Crippen molar-refractivity contribution < 1.29 is 22.3 Å². The second-order valence-corrected chi connectivity index (χ2v) is 8.76. The Morgan fingerprint density at radius 2 is 1.93 bits per heavy atom. The van der Waals surface area contributed by atoms with E-state index >= 15 is 0 Å². The van der Waals surface area contributed by atoms with Gasteiger partial charge in [-0.2, -0.15) is 4.31 Å². The second-order valence-electron chi connectivity index (χ2n) is 6.85. The largest absolute Gasteiger partial charge is 0.495 e. The summed E-state index contributed by atoms with van der Waals surface area (Å²) in [5.74, 6) is -1.29. The number of amides is 1. The molecule has 0 bridgehead atoms. The molecule has 1 heterocycles. The molecule has 1 N–H and O–H groups in total. The number of rotatable bonds is 5. The number of sulfonamides is 1. The van der Waals surface area contributed by atoms with E-state index in [0.717, 1.165) is 17.7 Å². The summed E-state index contributed by atoms with van der Waals surface area (Å²) in [6.45, 7) is 2.27. The van der Waals surface area contributed by atoms with Crippen molar-refractivity contribution in [1.29, 1.82) is 0 Å². The van der Waals surface area contributed by atoms with E-state index in [0.29, 0.717) is 18.5 Å². The molecule has 2 aromatic carbocycles. The van der Waals surface area contributed by atoms with Crippen LogP contribution in [0.25, 0.3) is 0 Å². The number of nitrogens with zero attached hydrogens (tertiary/aromatic N) is 1. The summed E-state index contributed by atoms with van der Waals surface area (Å²) in [6.07, 6.45) is 1.13. The molecule has 0 spiro atoms. The zero-order chi connectivity index (χ0) is 20.3. The van der Waals surface area contributed by atoms with Crippen molar-refractivity contribution >= 4 is 21.6 Å². The molecule has 150 valence electrons. The fraction of sp³-hybridized carbons (Fsp3) is 0.350. The van der Waals surface area contributed by atoms with Crippen LogP contribution in [0.1, 0.15) is 18.4 Å². The van der Waals surface area contributed by atoms with Crippen molar-refractivity contribution in [3.8, 4) is 5.75 Å². The molecular weight excluding hydrogens is 383 g/mol. The Bertz CT molecular complexity index is 961. The maximum absolute atomic E-state index is 13.7. The van der Waals surface area contributed by atoms with Gasteiger partial charge in [0.05, 0.1) is 13.0 Å². The van der Waals surface area contributed by atoms with Crippen LogP contribution in [0.2, 0.25) is 0 Å². The Hall–Kier alpha value is -2.45. The summed E-state index contributed by atoms with van der Waals surface area (Å²) in [5.41, 5.74) is 1.75. The van der Waals surface area contributed by atoms with Gasteiger partial charge in [0.2, 0.25) is 15.9 Å². The number of hydrogen-bond donors (Lipinski definition) is 1. The molecule has 0 unspecified atom stereocenters. The van der Waals surface area contributed by atoms with Crippen molar-refractivity contribution in [3.63, 3.8) is 0 Å². The van der Waals surface area contributed by atoms with E-state index < -0.39 is 21.8 Å². The first-order valence-corrected chi connectivity index (χ1v) is 10.5. The Morgan fingerprint density at radius 3 is 2.61 bits per heavy atom. The minimum atomic E-state index is -3.98. The average molecular weight is 406 g/mol. The summed E-state index contributed by atoms with van der Waals surface area (Å²) in [7, 11) is -2.65. The number of halogens is 1. The highest BCUT2D eigenvalue weighted by atomic mass is 32.2. The van der Waals surface area contributed by atoms with Gasteiger partial charge < -0.3 is 10.1 Å². The lowest BCUT2D eigenvalue weighted by molar-refractivity contribution is -0.120. The van der Waals surface area contributed by atoms with Crippen LogP contribution in [0, 0.1) is 18.7 Å². The van der Waals surface area contributed by atoms with Crippen LogP contribution < -0.4 is 10.1 Å².